The van der Waals surface area contributed by atoms with Gasteiger partial charge in [-0.1, -0.05) is 0 Å². The molecule has 4 aromatic carbocycles. The predicted octanol–water partition coefficient (Wildman–Crippen LogP) is 11.3. The third-order valence-electron chi connectivity index (χ3n) is 10.0. The molecule has 0 saturated carbocycles. The SMILES string of the molecule is CCP(Cl)(CC)(CC)c1ccccc1Cc1ccccc1.CCP(Cl)(CC)(CC)c1ccccc1Cc1ccccc1. The molecular formula is C38H52Cl2P2. The maximum absolute atomic E-state index is 7.38. The first-order chi connectivity index (χ1) is 20.1. The summed E-state index contributed by atoms with van der Waals surface area (Å²) in [5.41, 5.74) is 5.52. The van der Waals surface area contributed by atoms with Crippen molar-refractivity contribution in [3.63, 3.8) is 0 Å². The minimum absolute atomic E-state index is 0.974. The Morgan fingerprint density at radius 1 is 0.381 bits per heavy atom. The minimum atomic E-state index is -2.31. The van der Waals surface area contributed by atoms with Gasteiger partial charge in [0.1, 0.15) is 0 Å². The number of rotatable bonds is 12. The van der Waals surface area contributed by atoms with E-state index in [1.807, 2.05) is 0 Å². The van der Waals surface area contributed by atoms with E-state index < -0.39 is 11.9 Å². The first kappa shape index (κ1) is 34.8. The molecule has 0 nitrogen and oxygen atoms in total. The van der Waals surface area contributed by atoms with Crippen molar-refractivity contribution in [1.29, 1.82) is 0 Å². The van der Waals surface area contributed by atoms with Crippen molar-refractivity contribution in [2.45, 2.75) is 54.4 Å². The van der Waals surface area contributed by atoms with Crippen molar-refractivity contribution < 1.29 is 0 Å². The van der Waals surface area contributed by atoms with Crippen LogP contribution in [-0.4, -0.2) is 37.0 Å². The molecule has 42 heavy (non-hydrogen) atoms. The normalized spacial score (nSPS) is 13.6. The van der Waals surface area contributed by atoms with Gasteiger partial charge in [0, 0.05) is 0 Å². The van der Waals surface area contributed by atoms with Crippen LogP contribution in [0.5, 0.6) is 0 Å². The third kappa shape index (κ3) is 7.51. The van der Waals surface area contributed by atoms with Gasteiger partial charge >= 0.3 is 268 Å². The molecule has 0 amide bonds. The molecule has 0 fully saturated rings. The van der Waals surface area contributed by atoms with Crippen molar-refractivity contribution in [1.82, 2.24) is 0 Å². The van der Waals surface area contributed by atoms with Gasteiger partial charge in [0.05, 0.1) is 0 Å². The second-order valence-electron chi connectivity index (χ2n) is 11.7. The van der Waals surface area contributed by atoms with Gasteiger partial charge in [-0.3, -0.25) is 0 Å². The maximum atomic E-state index is 7.38. The van der Waals surface area contributed by atoms with Crippen LogP contribution in [0.4, 0.5) is 0 Å². The Hall–Kier alpha value is -1.68. The third-order valence-corrected chi connectivity index (χ3v) is 27.4. The molecule has 0 radical (unpaired) electrons. The number of benzene rings is 4. The molecule has 0 atom stereocenters. The molecule has 0 N–H and O–H groups in total. The molecule has 0 spiro atoms. The molecule has 0 aliphatic rings. The Kier molecular flexibility index (Phi) is 12.3. The molecule has 0 bridgehead atoms. The van der Waals surface area contributed by atoms with Crippen LogP contribution in [0.15, 0.2) is 109 Å². The first-order valence-corrected chi connectivity index (χ1v) is 23.2. The Balaban J connectivity index is 0.000000230. The summed E-state index contributed by atoms with van der Waals surface area (Å²) in [5, 5.41) is 2.86. The van der Waals surface area contributed by atoms with E-state index >= 15 is 0 Å². The van der Waals surface area contributed by atoms with Crippen molar-refractivity contribution in [2.75, 3.05) is 37.0 Å². The van der Waals surface area contributed by atoms with Crippen LogP contribution in [0.25, 0.3) is 0 Å². The average molecular weight is 642 g/mol. The van der Waals surface area contributed by atoms with Gasteiger partial charge < -0.3 is 0 Å². The molecule has 4 heteroatoms. The van der Waals surface area contributed by atoms with Crippen LogP contribution >= 0.6 is 34.4 Å². The van der Waals surface area contributed by atoms with Crippen LogP contribution in [0, 0.1) is 0 Å². The van der Waals surface area contributed by atoms with E-state index in [1.165, 1.54) is 32.9 Å². The Morgan fingerprint density at radius 2 is 0.643 bits per heavy atom. The first-order valence-electron chi connectivity index (χ1n) is 15.8. The summed E-state index contributed by atoms with van der Waals surface area (Å²) in [6.45, 7) is 13.6. The van der Waals surface area contributed by atoms with Gasteiger partial charge in [-0.05, 0) is 0 Å². The molecule has 0 aromatic heterocycles. The van der Waals surface area contributed by atoms with E-state index in [-0.39, 0.29) is 0 Å². The quantitative estimate of drug-likeness (QED) is 0.135. The van der Waals surface area contributed by atoms with Gasteiger partial charge in [0.25, 0.3) is 0 Å². The van der Waals surface area contributed by atoms with Crippen LogP contribution in [-0.2, 0) is 12.8 Å². The predicted molar refractivity (Wildman–Crippen MR) is 199 cm³/mol. The molecule has 4 aromatic rings. The summed E-state index contributed by atoms with van der Waals surface area (Å²) < 4.78 is 0. The van der Waals surface area contributed by atoms with Crippen molar-refractivity contribution in [2.24, 2.45) is 0 Å². The molecule has 228 valence electrons. The molecule has 4 rings (SSSR count). The van der Waals surface area contributed by atoms with Crippen LogP contribution in [0.1, 0.15) is 63.8 Å². The Labute approximate surface area is 266 Å². The van der Waals surface area contributed by atoms with Crippen molar-refractivity contribution in [3.05, 3.63) is 131 Å². The van der Waals surface area contributed by atoms with Gasteiger partial charge in [0.2, 0.25) is 0 Å². The second-order valence-corrected chi connectivity index (χ2v) is 28.1. The summed E-state index contributed by atoms with van der Waals surface area (Å²) in [4.78, 5) is 0. The monoisotopic (exact) mass is 640 g/mol. The van der Waals surface area contributed by atoms with Gasteiger partial charge in [-0.25, -0.2) is 0 Å². The summed E-state index contributed by atoms with van der Waals surface area (Å²) in [6.07, 6.45) is 8.40. The molecule has 0 aliphatic carbocycles. The topological polar surface area (TPSA) is 0 Å². The van der Waals surface area contributed by atoms with Gasteiger partial charge in [0.15, 0.2) is 0 Å². The fourth-order valence-electron chi connectivity index (χ4n) is 6.41. The summed E-state index contributed by atoms with van der Waals surface area (Å²) in [6, 6.07) is 39.0. The zero-order valence-electron chi connectivity index (χ0n) is 26.7. The molecule has 0 aliphatic heterocycles. The summed E-state index contributed by atoms with van der Waals surface area (Å²) in [7, 11) is 0. The van der Waals surface area contributed by atoms with Gasteiger partial charge in [-0.2, -0.15) is 0 Å². The van der Waals surface area contributed by atoms with Crippen LogP contribution in [0.3, 0.4) is 0 Å². The van der Waals surface area contributed by atoms with Crippen molar-refractivity contribution >= 4 is 45.0 Å². The summed E-state index contributed by atoms with van der Waals surface area (Å²) in [5.74, 6) is -4.61. The van der Waals surface area contributed by atoms with Crippen LogP contribution in [0.2, 0.25) is 0 Å². The van der Waals surface area contributed by atoms with E-state index in [0.717, 1.165) is 49.8 Å². The van der Waals surface area contributed by atoms with E-state index in [2.05, 4.69) is 151 Å². The zero-order valence-corrected chi connectivity index (χ0v) is 30.0. The van der Waals surface area contributed by atoms with E-state index in [1.54, 1.807) is 0 Å². The van der Waals surface area contributed by atoms with Gasteiger partial charge in [-0.15, -0.1) is 0 Å². The molecular weight excluding hydrogens is 589 g/mol. The van der Waals surface area contributed by atoms with Crippen molar-refractivity contribution in [3.8, 4) is 0 Å². The standard InChI is InChI=1S/2C19H26ClP/c2*1-4-21(20,5-2,6-3)19-15-11-10-14-18(19)16-17-12-8-7-9-13-17/h2*7-15H,4-6,16H2,1-3H3. The number of halogens is 2. The fourth-order valence-corrected chi connectivity index (χ4v) is 14.8. The number of hydrogen-bond donors (Lipinski definition) is 0. The average Bonchev–Trinajstić information content (AvgIpc) is 3.06. The molecule has 0 unspecified atom stereocenters. The Bertz CT molecular complexity index is 1260. The molecule has 0 heterocycles. The number of hydrogen-bond acceptors (Lipinski definition) is 0. The van der Waals surface area contributed by atoms with E-state index in [9.17, 15) is 0 Å². The molecule has 0 saturated heterocycles. The van der Waals surface area contributed by atoms with Crippen LogP contribution < -0.4 is 10.6 Å². The van der Waals surface area contributed by atoms with E-state index in [0.29, 0.717) is 0 Å². The summed E-state index contributed by atoms with van der Waals surface area (Å²) >= 11 is 14.8. The Morgan fingerprint density at radius 3 is 0.929 bits per heavy atom. The zero-order chi connectivity index (χ0) is 30.7. The fraction of sp³-hybridized carbons (Fsp3) is 0.368. The van der Waals surface area contributed by atoms with E-state index in [4.69, 9.17) is 22.5 Å². The second kappa shape index (κ2) is 14.9.